The van der Waals surface area contributed by atoms with E-state index >= 15 is 0 Å². The predicted octanol–water partition coefficient (Wildman–Crippen LogP) is 4.25. The summed E-state index contributed by atoms with van der Waals surface area (Å²) < 4.78 is 7.31. The quantitative estimate of drug-likeness (QED) is 0.353. The maximum absolute atomic E-state index is 11.9. The number of carbonyl (C=O) groups excluding carboxylic acids is 1. The standard InChI is InChI=1S/C19H24N2O2/c1-4-10-23-19(22)17(13-20)12-16-11-14(2)21(15(16)3)18-8-6-5-7-9-18/h4,11-12,18H,1,5-10H2,2-3H3/b17-12+. The number of nitriles is 1. The molecule has 0 N–H and O–H groups in total. The number of aromatic nitrogens is 1. The Morgan fingerprint density at radius 3 is 2.74 bits per heavy atom. The van der Waals surface area contributed by atoms with Crippen LogP contribution in [0, 0.1) is 25.2 Å². The average molecular weight is 312 g/mol. The fraction of sp³-hybridized carbons (Fsp3) is 0.474. The zero-order valence-corrected chi connectivity index (χ0v) is 14.0. The molecule has 23 heavy (non-hydrogen) atoms. The van der Waals surface area contributed by atoms with E-state index in [9.17, 15) is 10.1 Å². The van der Waals surface area contributed by atoms with Crippen LogP contribution in [0.4, 0.5) is 0 Å². The molecule has 1 saturated carbocycles. The Bertz CT molecular complexity index is 656. The first-order valence-corrected chi connectivity index (χ1v) is 8.16. The zero-order chi connectivity index (χ0) is 16.8. The minimum absolute atomic E-state index is 0.0238. The Balaban J connectivity index is 2.29. The Kier molecular flexibility index (Phi) is 5.81. The van der Waals surface area contributed by atoms with Gasteiger partial charge < -0.3 is 9.30 Å². The van der Waals surface area contributed by atoms with E-state index in [0.717, 1.165) is 11.3 Å². The van der Waals surface area contributed by atoms with Gasteiger partial charge in [0.2, 0.25) is 0 Å². The average Bonchev–Trinajstić information content (AvgIpc) is 2.84. The van der Waals surface area contributed by atoms with Crippen molar-refractivity contribution in [1.29, 1.82) is 5.26 Å². The van der Waals surface area contributed by atoms with Gasteiger partial charge in [-0.1, -0.05) is 31.9 Å². The second-order valence-corrected chi connectivity index (χ2v) is 6.05. The van der Waals surface area contributed by atoms with E-state index in [-0.39, 0.29) is 12.2 Å². The van der Waals surface area contributed by atoms with Crippen LogP contribution in [0.5, 0.6) is 0 Å². The van der Waals surface area contributed by atoms with Gasteiger partial charge in [0.1, 0.15) is 18.2 Å². The van der Waals surface area contributed by atoms with E-state index in [1.807, 2.05) is 12.1 Å². The van der Waals surface area contributed by atoms with Crippen molar-refractivity contribution in [2.45, 2.75) is 52.0 Å². The van der Waals surface area contributed by atoms with Crippen LogP contribution in [0.2, 0.25) is 0 Å². The molecule has 1 aliphatic carbocycles. The molecular formula is C19H24N2O2. The van der Waals surface area contributed by atoms with Crippen LogP contribution in [0.15, 0.2) is 24.3 Å². The molecule has 1 heterocycles. The van der Waals surface area contributed by atoms with Gasteiger partial charge in [0.05, 0.1) is 0 Å². The molecule has 0 saturated heterocycles. The Morgan fingerprint density at radius 2 is 2.13 bits per heavy atom. The Morgan fingerprint density at radius 1 is 1.43 bits per heavy atom. The van der Waals surface area contributed by atoms with Crippen molar-refractivity contribution in [2.24, 2.45) is 0 Å². The van der Waals surface area contributed by atoms with Crippen molar-refractivity contribution in [1.82, 2.24) is 4.57 Å². The summed E-state index contributed by atoms with van der Waals surface area (Å²) in [5.41, 5.74) is 3.23. The summed E-state index contributed by atoms with van der Waals surface area (Å²) in [5, 5.41) is 9.22. The first-order valence-electron chi connectivity index (χ1n) is 8.16. The lowest BCUT2D eigenvalue weighted by molar-refractivity contribution is -0.137. The first-order chi connectivity index (χ1) is 11.1. The molecule has 4 nitrogen and oxygen atoms in total. The number of carbonyl (C=O) groups is 1. The van der Waals surface area contributed by atoms with E-state index in [2.05, 4.69) is 25.0 Å². The lowest BCUT2D eigenvalue weighted by atomic mass is 9.95. The summed E-state index contributed by atoms with van der Waals surface area (Å²) in [6.45, 7) is 7.75. The number of rotatable bonds is 5. The Hall–Kier alpha value is -2.28. The topological polar surface area (TPSA) is 55.0 Å². The van der Waals surface area contributed by atoms with E-state index < -0.39 is 5.97 Å². The third kappa shape index (κ3) is 3.92. The maximum atomic E-state index is 11.9. The van der Waals surface area contributed by atoms with E-state index in [1.54, 1.807) is 6.08 Å². The van der Waals surface area contributed by atoms with E-state index in [0.29, 0.717) is 6.04 Å². The van der Waals surface area contributed by atoms with Crippen LogP contribution in [0.1, 0.15) is 55.1 Å². The third-order valence-corrected chi connectivity index (χ3v) is 4.44. The molecule has 0 radical (unpaired) electrons. The molecule has 4 heteroatoms. The highest BCUT2D eigenvalue weighted by Gasteiger charge is 2.20. The third-order valence-electron chi connectivity index (χ3n) is 4.44. The molecule has 0 spiro atoms. The number of esters is 1. The van der Waals surface area contributed by atoms with Crippen molar-refractivity contribution in [3.05, 3.63) is 41.2 Å². The highest BCUT2D eigenvalue weighted by atomic mass is 16.5. The van der Waals surface area contributed by atoms with E-state index in [4.69, 9.17) is 4.74 Å². The summed E-state index contributed by atoms with van der Waals surface area (Å²) in [4.78, 5) is 11.9. The number of ether oxygens (including phenoxy) is 1. The number of nitrogens with zero attached hydrogens (tertiary/aromatic N) is 2. The van der Waals surface area contributed by atoms with Gasteiger partial charge in [-0.3, -0.25) is 0 Å². The fourth-order valence-corrected chi connectivity index (χ4v) is 3.35. The molecule has 0 aliphatic heterocycles. The van der Waals surface area contributed by atoms with Crippen molar-refractivity contribution >= 4 is 12.0 Å². The molecule has 1 aliphatic rings. The molecule has 0 unspecified atom stereocenters. The van der Waals surface area contributed by atoms with Crippen LogP contribution >= 0.6 is 0 Å². The van der Waals surface area contributed by atoms with Gasteiger partial charge >= 0.3 is 5.97 Å². The number of aryl methyl sites for hydroxylation is 1. The van der Waals surface area contributed by atoms with Gasteiger partial charge in [0.25, 0.3) is 0 Å². The van der Waals surface area contributed by atoms with Crippen molar-refractivity contribution in [3.8, 4) is 6.07 Å². The molecule has 2 rings (SSSR count). The van der Waals surface area contributed by atoms with Crippen LogP contribution in [0.25, 0.3) is 6.08 Å². The van der Waals surface area contributed by atoms with Crippen LogP contribution in [-0.2, 0) is 9.53 Å². The molecule has 1 aromatic heterocycles. The molecule has 0 amide bonds. The van der Waals surface area contributed by atoms with Crippen LogP contribution in [-0.4, -0.2) is 17.1 Å². The number of hydrogen-bond acceptors (Lipinski definition) is 3. The SMILES string of the molecule is C=CCOC(=O)/C(C#N)=C/c1cc(C)n(C2CCCCC2)c1C. The van der Waals surface area contributed by atoms with Gasteiger partial charge in [-0.25, -0.2) is 4.79 Å². The van der Waals surface area contributed by atoms with Gasteiger partial charge in [-0.2, -0.15) is 5.26 Å². The van der Waals surface area contributed by atoms with Crippen LogP contribution < -0.4 is 0 Å². The molecule has 1 aromatic rings. The maximum Gasteiger partial charge on any atom is 0.349 e. The summed E-state index contributed by atoms with van der Waals surface area (Å²) in [7, 11) is 0. The normalized spacial score (nSPS) is 16.0. The van der Waals surface area contributed by atoms with Gasteiger partial charge in [-0.05, 0) is 44.4 Å². The second-order valence-electron chi connectivity index (χ2n) is 6.05. The van der Waals surface area contributed by atoms with Gasteiger partial charge in [-0.15, -0.1) is 0 Å². The second kappa shape index (κ2) is 7.82. The van der Waals surface area contributed by atoms with Crippen molar-refractivity contribution in [3.63, 3.8) is 0 Å². The monoisotopic (exact) mass is 312 g/mol. The van der Waals surface area contributed by atoms with Gasteiger partial charge in [0.15, 0.2) is 0 Å². The smallest absolute Gasteiger partial charge is 0.349 e. The molecule has 0 bridgehead atoms. The molecule has 0 aromatic carbocycles. The first kappa shape index (κ1) is 17.1. The fourth-order valence-electron chi connectivity index (χ4n) is 3.35. The lowest BCUT2D eigenvalue weighted by Gasteiger charge is -2.26. The predicted molar refractivity (Wildman–Crippen MR) is 90.8 cm³/mol. The van der Waals surface area contributed by atoms with Crippen LogP contribution in [0.3, 0.4) is 0 Å². The molecule has 122 valence electrons. The highest BCUT2D eigenvalue weighted by Crippen LogP contribution is 2.32. The summed E-state index contributed by atoms with van der Waals surface area (Å²) in [5.74, 6) is -0.602. The number of hydrogen-bond donors (Lipinski definition) is 0. The molecular weight excluding hydrogens is 288 g/mol. The summed E-state index contributed by atoms with van der Waals surface area (Å²) in [6.07, 6.45) is 9.37. The minimum Gasteiger partial charge on any atom is -0.457 e. The highest BCUT2D eigenvalue weighted by molar-refractivity contribution is 5.98. The summed E-state index contributed by atoms with van der Waals surface area (Å²) in [6, 6.07) is 4.51. The zero-order valence-electron chi connectivity index (χ0n) is 14.0. The lowest BCUT2D eigenvalue weighted by Crippen LogP contribution is -2.15. The summed E-state index contributed by atoms with van der Waals surface area (Å²) >= 11 is 0. The Labute approximate surface area is 138 Å². The van der Waals surface area contributed by atoms with E-state index in [1.165, 1.54) is 43.9 Å². The van der Waals surface area contributed by atoms with Gasteiger partial charge in [0, 0.05) is 17.4 Å². The van der Waals surface area contributed by atoms with Crippen molar-refractivity contribution in [2.75, 3.05) is 6.61 Å². The van der Waals surface area contributed by atoms with Crippen molar-refractivity contribution < 1.29 is 9.53 Å². The largest absolute Gasteiger partial charge is 0.457 e. The molecule has 1 fully saturated rings. The minimum atomic E-state index is -0.602. The molecule has 0 atom stereocenters.